The number of hydrogen-bond acceptors (Lipinski definition) is 4. The second kappa shape index (κ2) is 9.22. The van der Waals surface area contributed by atoms with Crippen LogP contribution in [-0.2, 0) is 20.5 Å². The summed E-state index contributed by atoms with van der Waals surface area (Å²) >= 11 is 0. The minimum Gasteiger partial charge on any atom is -0.454 e. The molecule has 0 fully saturated rings. The van der Waals surface area contributed by atoms with E-state index in [-0.39, 0.29) is 5.69 Å². The van der Waals surface area contributed by atoms with Crippen molar-refractivity contribution in [2.24, 2.45) is 0 Å². The third-order valence-corrected chi connectivity index (χ3v) is 4.00. The van der Waals surface area contributed by atoms with E-state index in [2.05, 4.69) is 10.6 Å². The zero-order chi connectivity index (χ0) is 21.6. The summed E-state index contributed by atoms with van der Waals surface area (Å²) in [5, 5.41) is 4.58. The van der Waals surface area contributed by atoms with E-state index >= 15 is 0 Å². The highest BCUT2D eigenvalue weighted by molar-refractivity contribution is 5.96. The number of hydrogen-bond donors (Lipinski definition) is 2. The van der Waals surface area contributed by atoms with Gasteiger partial charge in [-0.25, -0.2) is 0 Å². The summed E-state index contributed by atoms with van der Waals surface area (Å²) < 4.78 is 42.7. The molecule has 0 aliphatic carbocycles. The zero-order valence-corrected chi connectivity index (χ0v) is 15.7. The van der Waals surface area contributed by atoms with Crippen LogP contribution >= 0.6 is 0 Å². The van der Waals surface area contributed by atoms with Crippen molar-refractivity contribution in [3.63, 3.8) is 0 Å². The van der Waals surface area contributed by atoms with Gasteiger partial charge in [-0.1, -0.05) is 12.1 Å². The van der Waals surface area contributed by atoms with Gasteiger partial charge in [-0.3, -0.25) is 14.4 Å². The summed E-state index contributed by atoms with van der Waals surface area (Å²) in [6.45, 7) is 2.60. The van der Waals surface area contributed by atoms with Gasteiger partial charge in [-0.2, -0.15) is 13.2 Å². The monoisotopic (exact) mass is 408 g/mol. The zero-order valence-electron chi connectivity index (χ0n) is 15.7. The predicted molar refractivity (Wildman–Crippen MR) is 99.3 cm³/mol. The van der Waals surface area contributed by atoms with Crippen LogP contribution in [0.1, 0.15) is 27.0 Å². The number of halogens is 3. The lowest BCUT2D eigenvalue weighted by Crippen LogP contribution is -2.32. The van der Waals surface area contributed by atoms with Crippen LogP contribution in [0.5, 0.6) is 0 Å². The molecule has 0 aliphatic rings. The lowest BCUT2D eigenvalue weighted by molar-refractivity contribution is -0.146. The lowest BCUT2D eigenvalue weighted by atomic mass is 10.1. The number of carbonyl (C=O) groups is 3. The molecular weight excluding hydrogens is 389 g/mol. The van der Waals surface area contributed by atoms with Crippen LogP contribution in [0.15, 0.2) is 42.5 Å². The van der Waals surface area contributed by atoms with Crippen molar-refractivity contribution in [2.45, 2.75) is 20.0 Å². The molecule has 0 aliphatic heterocycles. The van der Waals surface area contributed by atoms with Crippen LogP contribution in [0, 0.1) is 13.8 Å². The molecule has 0 aromatic heterocycles. The highest BCUT2D eigenvalue weighted by atomic mass is 19.4. The predicted octanol–water partition coefficient (Wildman–Crippen LogP) is 3.23. The first-order chi connectivity index (χ1) is 13.6. The average Bonchev–Trinajstić information content (AvgIpc) is 2.66. The Hall–Kier alpha value is -3.36. The van der Waals surface area contributed by atoms with Gasteiger partial charge in [0.25, 0.3) is 11.8 Å². The van der Waals surface area contributed by atoms with E-state index in [0.29, 0.717) is 5.56 Å². The fourth-order valence-electron chi connectivity index (χ4n) is 2.30. The van der Waals surface area contributed by atoms with Gasteiger partial charge in [0.15, 0.2) is 6.61 Å². The van der Waals surface area contributed by atoms with Crippen LogP contribution in [0.4, 0.5) is 18.9 Å². The molecule has 2 aromatic rings. The van der Waals surface area contributed by atoms with E-state index in [1.807, 2.05) is 13.8 Å². The number of alkyl halides is 3. The topological polar surface area (TPSA) is 84.5 Å². The molecule has 2 amide bonds. The minimum atomic E-state index is -4.54. The molecule has 0 saturated heterocycles. The maximum Gasteiger partial charge on any atom is 0.416 e. The molecule has 0 spiro atoms. The van der Waals surface area contributed by atoms with E-state index < -0.39 is 42.7 Å². The van der Waals surface area contributed by atoms with Gasteiger partial charge in [0.05, 0.1) is 5.56 Å². The molecule has 0 atom stereocenters. The second-order valence-electron chi connectivity index (χ2n) is 6.27. The second-order valence-corrected chi connectivity index (χ2v) is 6.27. The molecule has 6 nitrogen and oxygen atoms in total. The molecule has 29 heavy (non-hydrogen) atoms. The molecule has 9 heteroatoms. The fraction of sp³-hybridized carbons (Fsp3) is 0.250. The Labute approximate surface area is 165 Å². The summed E-state index contributed by atoms with van der Waals surface area (Å²) in [6, 6.07) is 9.13. The van der Waals surface area contributed by atoms with Gasteiger partial charge in [-0.05, 0) is 55.3 Å². The molecule has 2 aromatic carbocycles. The van der Waals surface area contributed by atoms with Gasteiger partial charge in [0.1, 0.15) is 6.54 Å². The fourth-order valence-corrected chi connectivity index (χ4v) is 2.30. The SMILES string of the molecule is Cc1ccc(C(=O)NCC(=O)OCC(=O)Nc2cccc(C(F)(F)F)c2)cc1C. The van der Waals surface area contributed by atoms with E-state index in [1.54, 1.807) is 18.2 Å². The van der Waals surface area contributed by atoms with Crippen molar-refractivity contribution >= 4 is 23.5 Å². The van der Waals surface area contributed by atoms with Crippen molar-refractivity contribution in [1.82, 2.24) is 5.32 Å². The van der Waals surface area contributed by atoms with Crippen LogP contribution in [0.2, 0.25) is 0 Å². The quantitative estimate of drug-likeness (QED) is 0.719. The normalized spacial score (nSPS) is 10.9. The average molecular weight is 408 g/mol. The Kier molecular flexibility index (Phi) is 6.98. The standard InChI is InChI=1S/C20H19F3N2O4/c1-12-6-7-14(8-13(12)2)19(28)24-10-18(27)29-11-17(26)25-16-5-3-4-15(9-16)20(21,22)23/h3-9H,10-11H2,1-2H3,(H,24,28)(H,25,26). The highest BCUT2D eigenvalue weighted by Gasteiger charge is 2.30. The number of amides is 2. The smallest absolute Gasteiger partial charge is 0.416 e. The van der Waals surface area contributed by atoms with E-state index in [1.165, 1.54) is 6.07 Å². The van der Waals surface area contributed by atoms with Crippen LogP contribution < -0.4 is 10.6 Å². The van der Waals surface area contributed by atoms with E-state index in [0.717, 1.165) is 29.3 Å². The van der Waals surface area contributed by atoms with E-state index in [9.17, 15) is 27.6 Å². The molecule has 0 saturated carbocycles. The first-order valence-electron chi connectivity index (χ1n) is 8.54. The van der Waals surface area contributed by atoms with Crippen LogP contribution in [0.25, 0.3) is 0 Å². The summed E-state index contributed by atoms with van der Waals surface area (Å²) in [6.07, 6.45) is -4.54. The Morgan fingerprint density at radius 3 is 2.38 bits per heavy atom. The van der Waals surface area contributed by atoms with Gasteiger partial charge in [-0.15, -0.1) is 0 Å². The van der Waals surface area contributed by atoms with Gasteiger partial charge in [0, 0.05) is 11.3 Å². The summed E-state index contributed by atoms with van der Waals surface area (Å²) in [5.41, 5.74) is 1.33. The summed E-state index contributed by atoms with van der Waals surface area (Å²) in [5.74, 6) is -2.14. The largest absolute Gasteiger partial charge is 0.454 e. The summed E-state index contributed by atoms with van der Waals surface area (Å²) in [4.78, 5) is 35.4. The Morgan fingerprint density at radius 1 is 1.00 bits per heavy atom. The number of ether oxygens (including phenoxy) is 1. The van der Waals surface area contributed by atoms with E-state index in [4.69, 9.17) is 4.74 Å². The van der Waals surface area contributed by atoms with Crippen LogP contribution in [-0.4, -0.2) is 30.9 Å². The van der Waals surface area contributed by atoms with Crippen molar-refractivity contribution in [2.75, 3.05) is 18.5 Å². The third kappa shape index (κ3) is 6.63. The molecule has 0 bridgehead atoms. The van der Waals surface area contributed by atoms with Crippen molar-refractivity contribution in [3.05, 3.63) is 64.7 Å². The highest BCUT2D eigenvalue weighted by Crippen LogP contribution is 2.30. The number of benzene rings is 2. The maximum absolute atomic E-state index is 12.7. The molecular formula is C20H19F3N2O4. The number of aryl methyl sites for hydroxylation is 2. The van der Waals surface area contributed by atoms with Crippen molar-refractivity contribution < 1.29 is 32.3 Å². The van der Waals surface area contributed by atoms with Crippen molar-refractivity contribution in [3.8, 4) is 0 Å². The number of anilines is 1. The first-order valence-corrected chi connectivity index (χ1v) is 8.54. The number of esters is 1. The molecule has 154 valence electrons. The Bertz CT molecular complexity index is 926. The van der Waals surface area contributed by atoms with Gasteiger partial charge < -0.3 is 15.4 Å². The Balaban J connectivity index is 1.79. The van der Waals surface area contributed by atoms with Gasteiger partial charge in [0.2, 0.25) is 0 Å². The number of nitrogens with one attached hydrogen (secondary N) is 2. The van der Waals surface area contributed by atoms with Gasteiger partial charge >= 0.3 is 12.1 Å². The van der Waals surface area contributed by atoms with Crippen molar-refractivity contribution in [1.29, 1.82) is 0 Å². The number of rotatable bonds is 6. The molecule has 0 heterocycles. The molecule has 2 N–H and O–H groups in total. The summed E-state index contributed by atoms with van der Waals surface area (Å²) in [7, 11) is 0. The van der Waals surface area contributed by atoms with Crippen LogP contribution in [0.3, 0.4) is 0 Å². The molecule has 2 rings (SSSR count). The maximum atomic E-state index is 12.7. The molecule has 0 radical (unpaired) electrons. The molecule has 0 unspecified atom stereocenters. The third-order valence-electron chi connectivity index (χ3n) is 4.00. The Morgan fingerprint density at radius 2 is 1.72 bits per heavy atom. The lowest BCUT2D eigenvalue weighted by Gasteiger charge is -2.10. The minimum absolute atomic E-state index is 0.0797. The number of carbonyl (C=O) groups excluding carboxylic acids is 3. The first kappa shape index (κ1) is 21.9.